The van der Waals surface area contributed by atoms with Crippen LogP contribution in [-0.4, -0.2) is 33.6 Å². The van der Waals surface area contributed by atoms with E-state index in [9.17, 15) is 13.2 Å². The Morgan fingerprint density at radius 3 is 2.76 bits per heavy atom. The zero-order valence-electron chi connectivity index (χ0n) is 13.2. The molecule has 1 aliphatic rings. The fourth-order valence-corrected chi connectivity index (χ4v) is 5.08. The molecule has 2 aromatic rings. The monoisotopic (exact) mass is 400 g/mol. The molecule has 1 saturated heterocycles. The van der Waals surface area contributed by atoms with E-state index in [2.05, 4.69) is 10.0 Å². The van der Waals surface area contributed by atoms with E-state index in [1.165, 1.54) is 12.1 Å². The fourth-order valence-electron chi connectivity index (χ4n) is 2.51. The van der Waals surface area contributed by atoms with Crippen LogP contribution in [-0.2, 0) is 14.8 Å². The summed E-state index contributed by atoms with van der Waals surface area (Å²) in [6.07, 6.45) is 1.91. The maximum absolute atomic E-state index is 12.4. The first-order chi connectivity index (χ1) is 12.0. The Bertz CT molecular complexity index is 861. The topological polar surface area (TPSA) is 84.5 Å². The number of sulfonamides is 1. The third-order valence-electron chi connectivity index (χ3n) is 3.74. The van der Waals surface area contributed by atoms with Gasteiger partial charge in [-0.1, -0.05) is 23.7 Å². The molecule has 134 valence electrons. The number of carbonyl (C=O) groups excluding carboxylic acids is 1. The van der Waals surface area contributed by atoms with Crippen molar-refractivity contribution in [3.8, 4) is 0 Å². The van der Waals surface area contributed by atoms with Gasteiger partial charge in [0.2, 0.25) is 0 Å². The van der Waals surface area contributed by atoms with Gasteiger partial charge in [0.05, 0.1) is 21.7 Å². The zero-order chi connectivity index (χ0) is 17.9. The summed E-state index contributed by atoms with van der Waals surface area (Å²) in [7, 11) is -3.80. The molecule has 1 aromatic heterocycles. The maximum Gasteiger partial charge on any atom is 0.271 e. The lowest BCUT2D eigenvalue weighted by molar-refractivity contribution is 0.0858. The van der Waals surface area contributed by atoms with Crippen LogP contribution < -0.4 is 10.0 Å². The molecule has 0 bridgehead atoms. The van der Waals surface area contributed by atoms with Crippen molar-refractivity contribution in [2.24, 2.45) is 0 Å². The van der Waals surface area contributed by atoms with Crippen LogP contribution in [0.5, 0.6) is 0 Å². The van der Waals surface area contributed by atoms with Gasteiger partial charge in [-0.3, -0.25) is 9.52 Å². The van der Waals surface area contributed by atoms with Crippen LogP contribution in [0.2, 0.25) is 4.34 Å². The van der Waals surface area contributed by atoms with E-state index in [0.29, 0.717) is 17.5 Å². The molecule has 2 heterocycles. The Labute approximate surface area is 155 Å². The highest BCUT2D eigenvalue weighted by Gasteiger charge is 2.21. The molecule has 25 heavy (non-hydrogen) atoms. The molecule has 1 aliphatic heterocycles. The molecule has 3 rings (SSSR count). The van der Waals surface area contributed by atoms with Gasteiger partial charge in [0.1, 0.15) is 4.21 Å². The average Bonchev–Trinajstić information content (AvgIpc) is 3.24. The van der Waals surface area contributed by atoms with Crippen LogP contribution in [0.15, 0.2) is 40.6 Å². The number of halogens is 1. The van der Waals surface area contributed by atoms with E-state index in [1.54, 1.807) is 24.3 Å². The van der Waals surface area contributed by atoms with Crippen molar-refractivity contribution in [1.29, 1.82) is 0 Å². The Morgan fingerprint density at radius 2 is 2.08 bits per heavy atom. The summed E-state index contributed by atoms with van der Waals surface area (Å²) >= 11 is 6.76. The molecule has 1 aromatic carbocycles. The highest BCUT2D eigenvalue weighted by atomic mass is 35.5. The van der Waals surface area contributed by atoms with Crippen molar-refractivity contribution >= 4 is 44.6 Å². The van der Waals surface area contributed by atoms with Crippen LogP contribution in [0.25, 0.3) is 0 Å². The minimum Gasteiger partial charge on any atom is -0.376 e. The van der Waals surface area contributed by atoms with Crippen LogP contribution in [0.1, 0.15) is 23.2 Å². The minimum absolute atomic E-state index is 0.0149. The van der Waals surface area contributed by atoms with Gasteiger partial charge < -0.3 is 10.1 Å². The van der Waals surface area contributed by atoms with E-state index in [1.807, 2.05) is 0 Å². The van der Waals surface area contributed by atoms with E-state index < -0.39 is 10.0 Å². The number of hydrogen-bond acceptors (Lipinski definition) is 5. The number of benzene rings is 1. The lowest BCUT2D eigenvalue weighted by Crippen LogP contribution is -2.32. The number of para-hydroxylation sites is 1. The number of carbonyl (C=O) groups is 1. The molecule has 1 amide bonds. The van der Waals surface area contributed by atoms with Gasteiger partial charge in [-0.05, 0) is 37.1 Å². The van der Waals surface area contributed by atoms with Crippen LogP contribution in [0.4, 0.5) is 5.69 Å². The standard InChI is InChI=1S/C16H17ClN2O4S2/c17-14-7-8-15(24-14)25(21,22)19-13-6-2-1-5-12(13)16(20)18-10-11-4-3-9-23-11/h1-2,5-8,11,19H,3-4,9-10H2,(H,18,20)/t11-/m1/s1. The Balaban J connectivity index is 1.75. The van der Waals surface area contributed by atoms with Crippen LogP contribution >= 0.6 is 22.9 Å². The molecule has 1 fully saturated rings. The summed E-state index contributed by atoms with van der Waals surface area (Å²) in [6.45, 7) is 1.11. The average molecular weight is 401 g/mol. The van der Waals surface area contributed by atoms with E-state index >= 15 is 0 Å². The van der Waals surface area contributed by atoms with Crippen molar-refractivity contribution in [1.82, 2.24) is 5.32 Å². The largest absolute Gasteiger partial charge is 0.376 e. The van der Waals surface area contributed by atoms with E-state index in [4.69, 9.17) is 16.3 Å². The van der Waals surface area contributed by atoms with Gasteiger partial charge in [-0.2, -0.15) is 0 Å². The fraction of sp³-hybridized carbons (Fsp3) is 0.312. The number of ether oxygens (including phenoxy) is 1. The molecule has 0 saturated carbocycles. The molecule has 0 unspecified atom stereocenters. The molecule has 0 aliphatic carbocycles. The molecule has 0 spiro atoms. The molecule has 9 heteroatoms. The third-order valence-corrected chi connectivity index (χ3v) is 6.83. The number of thiophene rings is 1. The van der Waals surface area contributed by atoms with E-state index in [-0.39, 0.29) is 27.5 Å². The Kier molecular flexibility index (Phi) is 5.63. The zero-order valence-corrected chi connectivity index (χ0v) is 15.6. The summed E-state index contributed by atoms with van der Waals surface area (Å²) < 4.78 is 33.3. The first-order valence-electron chi connectivity index (χ1n) is 7.73. The van der Waals surface area contributed by atoms with Crippen LogP contribution in [0, 0.1) is 0 Å². The van der Waals surface area contributed by atoms with Gasteiger partial charge in [0.25, 0.3) is 15.9 Å². The van der Waals surface area contributed by atoms with Crippen molar-refractivity contribution in [2.45, 2.75) is 23.2 Å². The predicted molar refractivity (Wildman–Crippen MR) is 97.9 cm³/mol. The lowest BCUT2D eigenvalue weighted by Gasteiger charge is -2.14. The second-order valence-corrected chi connectivity index (χ2v) is 9.18. The first kappa shape index (κ1) is 18.2. The number of anilines is 1. The number of hydrogen-bond donors (Lipinski definition) is 2. The van der Waals surface area contributed by atoms with Gasteiger partial charge >= 0.3 is 0 Å². The number of nitrogens with one attached hydrogen (secondary N) is 2. The highest BCUT2D eigenvalue weighted by Crippen LogP contribution is 2.28. The molecule has 6 nitrogen and oxygen atoms in total. The smallest absolute Gasteiger partial charge is 0.271 e. The summed E-state index contributed by atoms with van der Waals surface area (Å²) in [4.78, 5) is 12.4. The Hall–Kier alpha value is -1.61. The normalized spacial score (nSPS) is 17.4. The summed E-state index contributed by atoms with van der Waals surface area (Å²) in [6, 6.07) is 9.41. The summed E-state index contributed by atoms with van der Waals surface area (Å²) in [5.74, 6) is -0.349. The Morgan fingerprint density at radius 1 is 1.28 bits per heavy atom. The van der Waals surface area contributed by atoms with Crippen molar-refractivity contribution in [3.63, 3.8) is 0 Å². The minimum atomic E-state index is -3.80. The molecular formula is C16H17ClN2O4S2. The van der Waals surface area contributed by atoms with Gasteiger partial charge in [0.15, 0.2) is 0 Å². The van der Waals surface area contributed by atoms with Crippen molar-refractivity contribution in [3.05, 3.63) is 46.3 Å². The highest BCUT2D eigenvalue weighted by molar-refractivity contribution is 7.94. The van der Waals surface area contributed by atoms with Crippen molar-refractivity contribution in [2.75, 3.05) is 17.9 Å². The second kappa shape index (κ2) is 7.74. The van der Waals surface area contributed by atoms with Gasteiger partial charge in [0, 0.05) is 13.2 Å². The first-order valence-corrected chi connectivity index (χ1v) is 10.4. The lowest BCUT2D eigenvalue weighted by atomic mass is 10.1. The third kappa shape index (κ3) is 4.52. The molecule has 2 N–H and O–H groups in total. The SMILES string of the molecule is O=C(NC[C@H]1CCCO1)c1ccccc1NS(=O)(=O)c1ccc(Cl)s1. The summed E-state index contributed by atoms with van der Waals surface area (Å²) in [5.41, 5.74) is 0.476. The van der Waals surface area contributed by atoms with Gasteiger partial charge in [-0.25, -0.2) is 8.42 Å². The molecule has 1 atom stereocenters. The predicted octanol–water partition coefficient (Wildman–Crippen LogP) is 3.11. The maximum atomic E-state index is 12.4. The molecular weight excluding hydrogens is 384 g/mol. The summed E-state index contributed by atoms with van der Waals surface area (Å²) in [5, 5.41) is 2.79. The second-order valence-electron chi connectivity index (χ2n) is 5.55. The van der Waals surface area contributed by atoms with Gasteiger partial charge in [-0.15, -0.1) is 11.3 Å². The van der Waals surface area contributed by atoms with Crippen LogP contribution in [0.3, 0.4) is 0 Å². The van der Waals surface area contributed by atoms with Crippen molar-refractivity contribution < 1.29 is 17.9 Å². The van der Waals surface area contributed by atoms with E-state index in [0.717, 1.165) is 24.2 Å². The quantitative estimate of drug-likeness (QED) is 0.780. The number of amides is 1. The molecule has 0 radical (unpaired) electrons. The number of rotatable bonds is 6.